The Morgan fingerprint density at radius 3 is 2.46 bits per heavy atom. The number of hydrogen-bond donors (Lipinski definition) is 3. The van der Waals surface area contributed by atoms with Crippen LogP contribution in [-0.4, -0.2) is 38.2 Å². The number of benzene rings is 1. The Labute approximate surface area is 155 Å². The van der Waals surface area contributed by atoms with E-state index in [4.69, 9.17) is 9.47 Å². The minimum absolute atomic E-state index is 0.0658. The van der Waals surface area contributed by atoms with Crippen LogP contribution >= 0.6 is 0 Å². The molecule has 1 rings (SSSR count). The van der Waals surface area contributed by atoms with Crippen molar-refractivity contribution in [2.75, 3.05) is 20.3 Å². The van der Waals surface area contributed by atoms with Crippen LogP contribution in [0, 0.1) is 0 Å². The third-order valence-corrected chi connectivity index (χ3v) is 3.99. The SMILES string of the molecule is CCOc1ccc([C@@H](C)NC(=O)NCCC(=O)N[C@H](C)CC)cc1OC. The molecule has 3 amide bonds. The van der Waals surface area contributed by atoms with E-state index >= 15 is 0 Å². The molecule has 3 N–H and O–H groups in total. The van der Waals surface area contributed by atoms with Crippen LogP contribution in [-0.2, 0) is 4.79 Å². The summed E-state index contributed by atoms with van der Waals surface area (Å²) in [6.07, 6.45) is 1.13. The molecule has 0 aliphatic rings. The van der Waals surface area contributed by atoms with Gasteiger partial charge in [-0.05, 0) is 44.9 Å². The summed E-state index contributed by atoms with van der Waals surface area (Å²) < 4.78 is 10.8. The second kappa shape index (κ2) is 11.2. The molecule has 0 bridgehead atoms. The summed E-state index contributed by atoms with van der Waals surface area (Å²) in [5.74, 6) is 1.23. The van der Waals surface area contributed by atoms with Gasteiger partial charge in [-0.1, -0.05) is 13.0 Å². The second-order valence-corrected chi connectivity index (χ2v) is 6.09. The Morgan fingerprint density at radius 1 is 1.12 bits per heavy atom. The van der Waals surface area contributed by atoms with Crippen LogP contribution in [0.3, 0.4) is 0 Å². The van der Waals surface area contributed by atoms with Crippen molar-refractivity contribution in [3.63, 3.8) is 0 Å². The zero-order valence-corrected chi connectivity index (χ0v) is 16.3. The molecule has 146 valence electrons. The molecule has 7 heteroatoms. The molecule has 0 saturated carbocycles. The maximum absolute atomic E-state index is 12.0. The number of rotatable bonds is 10. The summed E-state index contributed by atoms with van der Waals surface area (Å²) in [6, 6.07) is 5.17. The van der Waals surface area contributed by atoms with Gasteiger partial charge in [-0.2, -0.15) is 0 Å². The third kappa shape index (κ3) is 7.21. The first kappa shape index (κ1) is 21.6. The van der Waals surface area contributed by atoms with E-state index in [1.165, 1.54) is 0 Å². The van der Waals surface area contributed by atoms with E-state index in [2.05, 4.69) is 16.0 Å². The van der Waals surface area contributed by atoms with Gasteiger partial charge in [-0.15, -0.1) is 0 Å². The number of urea groups is 1. The quantitative estimate of drug-likeness (QED) is 0.595. The highest BCUT2D eigenvalue weighted by Crippen LogP contribution is 2.30. The Kier molecular flexibility index (Phi) is 9.33. The van der Waals surface area contributed by atoms with Crippen molar-refractivity contribution < 1.29 is 19.1 Å². The molecule has 1 aromatic carbocycles. The summed E-state index contributed by atoms with van der Waals surface area (Å²) in [7, 11) is 1.58. The van der Waals surface area contributed by atoms with Crippen LogP contribution in [0.5, 0.6) is 11.5 Å². The van der Waals surface area contributed by atoms with Gasteiger partial charge in [0.2, 0.25) is 5.91 Å². The minimum Gasteiger partial charge on any atom is -0.493 e. The largest absolute Gasteiger partial charge is 0.493 e. The summed E-state index contributed by atoms with van der Waals surface area (Å²) >= 11 is 0. The van der Waals surface area contributed by atoms with E-state index in [-0.39, 0.29) is 37.0 Å². The lowest BCUT2D eigenvalue weighted by Crippen LogP contribution is -2.40. The highest BCUT2D eigenvalue weighted by Gasteiger charge is 2.13. The van der Waals surface area contributed by atoms with Crippen molar-refractivity contribution in [2.45, 2.75) is 52.6 Å². The van der Waals surface area contributed by atoms with Gasteiger partial charge in [0.05, 0.1) is 19.8 Å². The van der Waals surface area contributed by atoms with Gasteiger partial charge in [0, 0.05) is 19.0 Å². The van der Waals surface area contributed by atoms with E-state index in [1.807, 2.05) is 45.9 Å². The predicted octanol–water partition coefficient (Wildman–Crippen LogP) is 2.76. The van der Waals surface area contributed by atoms with Crippen molar-refractivity contribution >= 4 is 11.9 Å². The molecule has 7 nitrogen and oxygen atoms in total. The summed E-state index contributed by atoms with van der Waals surface area (Å²) in [6.45, 7) is 8.58. The number of amides is 3. The Balaban J connectivity index is 2.48. The first-order valence-corrected chi connectivity index (χ1v) is 9.05. The van der Waals surface area contributed by atoms with Crippen LogP contribution < -0.4 is 25.4 Å². The van der Waals surface area contributed by atoms with E-state index in [1.54, 1.807) is 7.11 Å². The molecule has 0 spiro atoms. The van der Waals surface area contributed by atoms with E-state index < -0.39 is 0 Å². The van der Waals surface area contributed by atoms with Crippen LogP contribution in [0.2, 0.25) is 0 Å². The van der Waals surface area contributed by atoms with Gasteiger partial charge in [0.25, 0.3) is 0 Å². The molecule has 0 aliphatic carbocycles. The van der Waals surface area contributed by atoms with E-state index in [0.717, 1.165) is 12.0 Å². The fourth-order valence-electron chi connectivity index (χ4n) is 2.30. The zero-order valence-electron chi connectivity index (χ0n) is 16.3. The van der Waals surface area contributed by atoms with E-state index in [0.29, 0.717) is 18.1 Å². The maximum Gasteiger partial charge on any atom is 0.315 e. The van der Waals surface area contributed by atoms with Crippen molar-refractivity contribution in [1.82, 2.24) is 16.0 Å². The number of methoxy groups -OCH3 is 1. The smallest absolute Gasteiger partial charge is 0.315 e. The number of carbonyl (C=O) groups excluding carboxylic acids is 2. The molecule has 0 fully saturated rings. The number of ether oxygens (including phenoxy) is 2. The van der Waals surface area contributed by atoms with Crippen molar-refractivity contribution in [2.24, 2.45) is 0 Å². The molecule has 26 heavy (non-hydrogen) atoms. The standard InChI is InChI=1S/C19H31N3O4/c1-6-13(3)21-18(23)10-11-20-19(24)22-14(4)15-8-9-16(26-7-2)17(12-15)25-5/h8-9,12-14H,6-7,10-11H2,1-5H3,(H,21,23)(H2,20,22,24)/t13-,14-/m1/s1. The highest BCUT2D eigenvalue weighted by atomic mass is 16.5. The van der Waals surface area contributed by atoms with Gasteiger partial charge in [0.15, 0.2) is 11.5 Å². The Hall–Kier alpha value is -2.44. The monoisotopic (exact) mass is 365 g/mol. The number of hydrogen-bond acceptors (Lipinski definition) is 4. The molecule has 0 heterocycles. The average Bonchev–Trinajstić information content (AvgIpc) is 2.61. The van der Waals surface area contributed by atoms with Crippen molar-refractivity contribution in [3.05, 3.63) is 23.8 Å². The fraction of sp³-hybridized carbons (Fsp3) is 0.579. The summed E-state index contributed by atoms with van der Waals surface area (Å²) in [4.78, 5) is 23.7. The molecule has 2 atom stereocenters. The highest BCUT2D eigenvalue weighted by molar-refractivity contribution is 5.78. The molecule has 0 unspecified atom stereocenters. The van der Waals surface area contributed by atoms with Crippen LogP contribution in [0.1, 0.15) is 52.1 Å². The summed E-state index contributed by atoms with van der Waals surface area (Å²) in [5.41, 5.74) is 0.898. The van der Waals surface area contributed by atoms with Gasteiger partial charge >= 0.3 is 6.03 Å². The van der Waals surface area contributed by atoms with Gasteiger partial charge in [-0.25, -0.2) is 4.79 Å². The van der Waals surface area contributed by atoms with Crippen LogP contribution in [0.4, 0.5) is 4.79 Å². The second-order valence-electron chi connectivity index (χ2n) is 6.09. The summed E-state index contributed by atoms with van der Waals surface area (Å²) in [5, 5.41) is 8.41. The molecule has 0 saturated heterocycles. The van der Waals surface area contributed by atoms with Gasteiger partial charge in [0.1, 0.15) is 0 Å². The van der Waals surface area contributed by atoms with Crippen molar-refractivity contribution in [1.29, 1.82) is 0 Å². The molecule has 1 aromatic rings. The lowest BCUT2D eigenvalue weighted by atomic mass is 10.1. The molecule has 0 radical (unpaired) electrons. The predicted molar refractivity (Wildman–Crippen MR) is 102 cm³/mol. The topological polar surface area (TPSA) is 88.7 Å². The molecule has 0 aromatic heterocycles. The van der Waals surface area contributed by atoms with Crippen LogP contribution in [0.15, 0.2) is 18.2 Å². The van der Waals surface area contributed by atoms with E-state index in [9.17, 15) is 9.59 Å². The first-order valence-electron chi connectivity index (χ1n) is 9.05. The number of nitrogens with one attached hydrogen (secondary N) is 3. The molecule has 0 aliphatic heterocycles. The van der Waals surface area contributed by atoms with Crippen LogP contribution in [0.25, 0.3) is 0 Å². The average molecular weight is 365 g/mol. The lowest BCUT2D eigenvalue weighted by Gasteiger charge is -2.17. The third-order valence-electron chi connectivity index (χ3n) is 3.99. The maximum atomic E-state index is 12.0. The first-order chi connectivity index (χ1) is 12.4. The lowest BCUT2D eigenvalue weighted by molar-refractivity contribution is -0.121. The zero-order chi connectivity index (χ0) is 19.5. The Morgan fingerprint density at radius 2 is 1.85 bits per heavy atom. The minimum atomic E-state index is -0.318. The molecular formula is C19H31N3O4. The number of carbonyl (C=O) groups is 2. The fourth-order valence-corrected chi connectivity index (χ4v) is 2.30. The Bertz CT molecular complexity index is 592. The van der Waals surface area contributed by atoms with Gasteiger partial charge < -0.3 is 25.4 Å². The normalized spacial score (nSPS) is 12.7. The van der Waals surface area contributed by atoms with Crippen molar-refractivity contribution in [3.8, 4) is 11.5 Å². The van der Waals surface area contributed by atoms with Gasteiger partial charge in [-0.3, -0.25) is 4.79 Å². The molecular weight excluding hydrogens is 334 g/mol.